The van der Waals surface area contributed by atoms with E-state index in [1.165, 1.54) is 30.0 Å². The number of nitro groups is 1. The summed E-state index contributed by atoms with van der Waals surface area (Å²) in [5.41, 5.74) is -1.59. The molecule has 8 nitrogen and oxygen atoms in total. The number of aliphatic carboxylic acids is 1. The molecule has 142 valence electrons. The molecule has 1 atom stereocenters. The van der Waals surface area contributed by atoms with Crippen LogP contribution in [0.2, 0.25) is 0 Å². The van der Waals surface area contributed by atoms with Crippen LogP contribution in [-0.4, -0.2) is 46.4 Å². The van der Waals surface area contributed by atoms with Gasteiger partial charge in [-0.1, -0.05) is 13.8 Å². The number of nitro benzene ring substituents is 1. The monoisotopic (exact) mass is 382 g/mol. The highest BCUT2D eigenvalue weighted by Gasteiger charge is 2.44. The first-order valence-corrected chi connectivity index (χ1v) is 9.28. The molecule has 1 heterocycles. The molecular formula is C17H22N2O6S. The van der Waals surface area contributed by atoms with Crippen LogP contribution in [0.1, 0.15) is 37.0 Å². The first-order valence-electron chi connectivity index (χ1n) is 8.30. The predicted molar refractivity (Wildman–Crippen MR) is 96.5 cm³/mol. The molecule has 0 radical (unpaired) electrons. The van der Waals surface area contributed by atoms with Gasteiger partial charge in [0.15, 0.2) is 5.54 Å². The molecule has 1 saturated heterocycles. The lowest BCUT2D eigenvalue weighted by atomic mass is 9.98. The largest absolute Gasteiger partial charge is 0.479 e. The van der Waals surface area contributed by atoms with E-state index < -0.39 is 22.3 Å². The van der Waals surface area contributed by atoms with Gasteiger partial charge in [0.1, 0.15) is 0 Å². The normalized spacial score (nSPS) is 19.5. The Morgan fingerprint density at radius 2 is 2.19 bits per heavy atom. The molecule has 1 aliphatic rings. The van der Waals surface area contributed by atoms with Crippen LogP contribution in [0.15, 0.2) is 23.1 Å². The number of carboxylic acids is 1. The maximum absolute atomic E-state index is 12.4. The summed E-state index contributed by atoms with van der Waals surface area (Å²) in [6.07, 6.45) is 1.07. The van der Waals surface area contributed by atoms with E-state index in [-0.39, 0.29) is 30.9 Å². The molecule has 1 aromatic carbocycles. The molecule has 26 heavy (non-hydrogen) atoms. The van der Waals surface area contributed by atoms with Gasteiger partial charge in [-0.25, -0.2) is 4.79 Å². The minimum Gasteiger partial charge on any atom is -0.479 e. The Balaban J connectivity index is 2.18. The van der Waals surface area contributed by atoms with E-state index in [4.69, 9.17) is 4.74 Å². The van der Waals surface area contributed by atoms with Crippen LogP contribution < -0.4 is 5.32 Å². The Hall–Kier alpha value is -2.13. The highest BCUT2D eigenvalue weighted by atomic mass is 32.2. The first-order chi connectivity index (χ1) is 12.2. The number of nitrogens with one attached hydrogen (secondary N) is 1. The van der Waals surface area contributed by atoms with Gasteiger partial charge in [0.2, 0.25) is 0 Å². The third-order valence-electron chi connectivity index (χ3n) is 4.15. The van der Waals surface area contributed by atoms with E-state index in [0.29, 0.717) is 10.8 Å². The average molecular weight is 382 g/mol. The summed E-state index contributed by atoms with van der Waals surface area (Å²) in [6.45, 7) is 4.26. The Labute approximate surface area is 155 Å². The quantitative estimate of drug-likeness (QED) is 0.403. The van der Waals surface area contributed by atoms with Crippen LogP contribution in [0.3, 0.4) is 0 Å². The molecule has 0 bridgehead atoms. The Morgan fingerprint density at radius 1 is 1.46 bits per heavy atom. The SMILES string of the molecule is CC(C)CCSc1ccc(C(=O)NC2(C(=O)O)CCOC2)cc1[N+](=O)[O-]. The Morgan fingerprint density at radius 3 is 2.73 bits per heavy atom. The number of nitrogens with zero attached hydrogens (tertiary/aromatic N) is 1. The fourth-order valence-electron chi connectivity index (χ4n) is 2.50. The van der Waals surface area contributed by atoms with Gasteiger partial charge in [0, 0.05) is 24.7 Å². The molecule has 0 aliphatic carbocycles. The second-order valence-corrected chi connectivity index (χ2v) is 7.75. The van der Waals surface area contributed by atoms with Gasteiger partial charge >= 0.3 is 5.97 Å². The van der Waals surface area contributed by atoms with Crippen molar-refractivity contribution in [3.63, 3.8) is 0 Å². The van der Waals surface area contributed by atoms with Gasteiger partial charge in [-0.2, -0.15) is 0 Å². The zero-order chi connectivity index (χ0) is 19.3. The minimum atomic E-state index is -1.49. The molecule has 1 aromatic rings. The van der Waals surface area contributed by atoms with Crippen molar-refractivity contribution in [3.05, 3.63) is 33.9 Å². The molecule has 1 unspecified atom stereocenters. The predicted octanol–water partition coefficient (Wildman–Crippen LogP) is 2.71. The fourth-order valence-corrected chi connectivity index (χ4v) is 3.76. The van der Waals surface area contributed by atoms with Crippen molar-refractivity contribution in [2.45, 2.75) is 37.1 Å². The number of benzene rings is 1. The van der Waals surface area contributed by atoms with E-state index in [1.54, 1.807) is 0 Å². The van der Waals surface area contributed by atoms with Crippen molar-refractivity contribution >= 4 is 29.3 Å². The third kappa shape index (κ3) is 4.73. The summed E-state index contributed by atoms with van der Waals surface area (Å²) < 4.78 is 5.10. The smallest absolute Gasteiger partial charge is 0.331 e. The lowest BCUT2D eigenvalue weighted by Gasteiger charge is -2.23. The number of rotatable bonds is 8. The van der Waals surface area contributed by atoms with Crippen molar-refractivity contribution in [2.75, 3.05) is 19.0 Å². The number of carbonyl (C=O) groups excluding carboxylic acids is 1. The Bertz CT molecular complexity index is 700. The van der Waals surface area contributed by atoms with Crippen molar-refractivity contribution in [3.8, 4) is 0 Å². The van der Waals surface area contributed by atoms with E-state index >= 15 is 0 Å². The van der Waals surface area contributed by atoms with Crippen LogP contribution in [0.5, 0.6) is 0 Å². The minimum absolute atomic E-state index is 0.0532. The standard InChI is InChI=1S/C17H22N2O6S/c1-11(2)5-8-26-14-4-3-12(9-13(14)19(23)24)15(20)18-17(16(21)22)6-7-25-10-17/h3-4,9,11H,5-8,10H2,1-2H3,(H,18,20)(H,21,22). The van der Waals surface area contributed by atoms with Crippen LogP contribution in [0.4, 0.5) is 5.69 Å². The van der Waals surface area contributed by atoms with E-state index in [0.717, 1.165) is 12.2 Å². The summed E-state index contributed by atoms with van der Waals surface area (Å²) in [5.74, 6) is -0.616. The molecule has 0 saturated carbocycles. The highest BCUT2D eigenvalue weighted by Crippen LogP contribution is 2.31. The summed E-state index contributed by atoms with van der Waals surface area (Å²) in [5, 5.41) is 23.2. The van der Waals surface area contributed by atoms with Crippen LogP contribution in [0, 0.1) is 16.0 Å². The van der Waals surface area contributed by atoms with Crippen molar-refractivity contribution in [1.29, 1.82) is 0 Å². The van der Waals surface area contributed by atoms with Gasteiger partial charge in [-0.3, -0.25) is 14.9 Å². The number of carbonyl (C=O) groups is 2. The number of carboxylic acid groups (broad SMARTS) is 1. The maximum Gasteiger partial charge on any atom is 0.331 e. The second kappa shape index (κ2) is 8.50. The number of hydrogen-bond donors (Lipinski definition) is 2. The van der Waals surface area contributed by atoms with Crippen molar-refractivity contribution in [1.82, 2.24) is 5.32 Å². The summed E-state index contributed by atoms with van der Waals surface area (Å²) in [6, 6.07) is 4.21. The number of ether oxygens (including phenoxy) is 1. The molecule has 1 amide bonds. The van der Waals surface area contributed by atoms with Crippen molar-refractivity contribution in [2.24, 2.45) is 5.92 Å². The van der Waals surface area contributed by atoms with Gasteiger partial charge in [-0.15, -0.1) is 11.8 Å². The van der Waals surface area contributed by atoms with E-state index in [9.17, 15) is 24.8 Å². The number of hydrogen-bond acceptors (Lipinski definition) is 6. The molecule has 9 heteroatoms. The number of thioether (sulfide) groups is 1. The molecule has 0 aromatic heterocycles. The first kappa shape index (κ1) is 20.2. The lowest BCUT2D eigenvalue weighted by Crippen LogP contribution is -2.55. The zero-order valence-corrected chi connectivity index (χ0v) is 15.5. The van der Waals surface area contributed by atoms with Gasteiger partial charge < -0.3 is 15.2 Å². The topological polar surface area (TPSA) is 119 Å². The van der Waals surface area contributed by atoms with E-state index in [1.807, 2.05) is 0 Å². The van der Waals surface area contributed by atoms with Crippen LogP contribution >= 0.6 is 11.8 Å². The van der Waals surface area contributed by atoms with E-state index in [2.05, 4.69) is 19.2 Å². The summed E-state index contributed by atoms with van der Waals surface area (Å²) in [4.78, 5) is 35.2. The molecule has 0 spiro atoms. The fraction of sp³-hybridized carbons (Fsp3) is 0.529. The third-order valence-corrected chi connectivity index (χ3v) is 5.25. The molecule has 2 rings (SSSR count). The summed E-state index contributed by atoms with van der Waals surface area (Å²) in [7, 11) is 0. The van der Waals surface area contributed by atoms with Crippen molar-refractivity contribution < 1.29 is 24.4 Å². The number of amides is 1. The average Bonchev–Trinajstić information content (AvgIpc) is 3.04. The molecule has 1 fully saturated rings. The van der Waals surface area contributed by atoms with Crippen LogP contribution in [0.25, 0.3) is 0 Å². The second-order valence-electron chi connectivity index (χ2n) is 6.61. The zero-order valence-electron chi connectivity index (χ0n) is 14.7. The van der Waals surface area contributed by atoms with Gasteiger partial charge in [-0.05, 0) is 30.2 Å². The molecule has 1 aliphatic heterocycles. The molecule has 2 N–H and O–H groups in total. The highest BCUT2D eigenvalue weighted by molar-refractivity contribution is 7.99. The summed E-state index contributed by atoms with van der Waals surface area (Å²) >= 11 is 1.37. The van der Waals surface area contributed by atoms with Gasteiger partial charge in [0.05, 0.1) is 16.4 Å². The Kier molecular flexibility index (Phi) is 6.60. The lowest BCUT2D eigenvalue weighted by molar-refractivity contribution is -0.387. The van der Waals surface area contributed by atoms with Gasteiger partial charge in [0.25, 0.3) is 11.6 Å². The van der Waals surface area contributed by atoms with Crippen LogP contribution in [-0.2, 0) is 9.53 Å². The molecular weight excluding hydrogens is 360 g/mol. The maximum atomic E-state index is 12.4.